The highest BCUT2D eigenvalue weighted by molar-refractivity contribution is 6.06. The third-order valence-electron chi connectivity index (χ3n) is 8.71. The number of ether oxygens (including phenoxy) is 1. The molecule has 0 spiro atoms. The van der Waals surface area contributed by atoms with Crippen LogP contribution in [0.1, 0.15) is 61.2 Å². The number of benzene rings is 3. The van der Waals surface area contributed by atoms with Crippen molar-refractivity contribution in [2.75, 3.05) is 51.4 Å². The number of carbonyl (C=O) groups excluding carboxylic acids is 3. The second kappa shape index (κ2) is 12.9. The maximum Gasteiger partial charge on any atom is 0.424 e. The first-order valence-corrected chi connectivity index (χ1v) is 16.1. The van der Waals surface area contributed by atoms with E-state index in [-0.39, 0.29) is 21.8 Å². The molecule has 0 aromatic heterocycles. The van der Waals surface area contributed by atoms with Gasteiger partial charge in [-0.25, -0.2) is 14.1 Å². The van der Waals surface area contributed by atoms with Gasteiger partial charge in [-0.1, -0.05) is 37.3 Å². The molecule has 5 rings (SSSR count). The molecule has 2 atom stereocenters. The Bertz CT molecular complexity index is 1610. The largest absolute Gasteiger partial charge is 0.444 e. The third kappa shape index (κ3) is 7.59. The molecule has 46 heavy (non-hydrogen) atoms. The van der Waals surface area contributed by atoms with Crippen LogP contribution in [-0.2, 0) is 24.1 Å². The van der Waals surface area contributed by atoms with E-state index in [1.165, 1.54) is 17.5 Å². The number of fused-ring (bicyclic) bond motifs is 1. The van der Waals surface area contributed by atoms with Crippen molar-refractivity contribution in [2.45, 2.75) is 59.1 Å². The molecule has 1 aliphatic heterocycles. The van der Waals surface area contributed by atoms with Gasteiger partial charge in [-0.05, 0) is 101 Å². The Kier molecular flexibility index (Phi) is 9.29. The van der Waals surface area contributed by atoms with E-state index < -0.39 is 11.7 Å². The number of anilines is 2. The van der Waals surface area contributed by atoms with Crippen LogP contribution in [0.2, 0.25) is 0 Å². The lowest BCUT2D eigenvalue weighted by atomic mass is 9.85. The summed E-state index contributed by atoms with van der Waals surface area (Å²) in [5.41, 5.74) is 5.38. The first-order valence-electron chi connectivity index (χ1n) is 16.1. The lowest BCUT2D eigenvalue weighted by Crippen LogP contribution is -2.69. The molecule has 0 radical (unpaired) electrons. The number of amides is 4. The van der Waals surface area contributed by atoms with Crippen molar-refractivity contribution in [2.24, 2.45) is 5.41 Å². The Morgan fingerprint density at radius 1 is 0.957 bits per heavy atom. The summed E-state index contributed by atoms with van der Waals surface area (Å²) < 4.78 is 5.59. The van der Waals surface area contributed by atoms with Crippen LogP contribution in [0.5, 0.6) is 0 Å². The second-order valence-corrected chi connectivity index (χ2v) is 14.7. The number of nitrogens with zero attached hydrogens (tertiary/aromatic N) is 3. The topological polar surface area (TPSA) is 91.0 Å². The van der Waals surface area contributed by atoms with Crippen LogP contribution in [0, 0.1) is 5.41 Å². The minimum Gasteiger partial charge on any atom is -0.444 e. The Balaban J connectivity index is 1.32. The van der Waals surface area contributed by atoms with E-state index in [2.05, 4.69) is 61.8 Å². The van der Waals surface area contributed by atoms with E-state index in [1.54, 1.807) is 57.2 Å². The minimum absolute atomic E-state index is 0.0880. The van der Waals surface area contributed by atoms with E-state index in [0.717, 1.165) is 37.2 Å². The molecule has 2 N–H and O–H groups in total. The van der Waals surface area contributed by atoms with Crippen molar-refractivity contribution in [3.63, 3.8) is 0 Å². The number of urea groups is 1. The number of hydrogen-bond donors (Lipinski definition) is 2. The molecule has 244 valence electrons. The molecule has 1 heterocycles. The summed E-state index contributed by atoms with van der Waals surface area (Å²) in [6.45, 7) is 10.3. The molecule has 9 heteroatoms. The zero-order valence-corrected chi connectivity index (χ0v) is 28.3. The highest BCUT2D eigenvalue weighted by Crippen LogP contribution is 2.38. The van der Waals surface area contributed by atoms with Gasteiger partial charge in [0.15, 0.2) is 0 Å². The monoisotopic (exact) mass is 626 g/mol. The number of rotatable bonds is 8. The Morgan fingerprint density at radius 2 is 1.61 bits per heavy atom. The molecule has 4 amide bonds. The lowest BCUT2D eigenvalue weighted by molar-refractivity contribution is 0.0548. The summed E-state index contributed by atoms with van der Waals surface area (Å²) in [5.74, 6) is -0.307. The van der Waals surface area contributed by atoms with Crippen LogP contribution < -0.4 is 15.1 Å². The zero-order valence-electron chi connectivity index (χ0n) is 28.3. The minimum atomic E-state index is -0.646. The third-order valence-corrected chi connectivity index (χ3v) is 8.71. The van der Waals surface area contributed by atoms with Crippen molar-refractivity contribution in [1.29, 1.82) is 0 Å². The van der Waals surface area contributed by atoms with Gasteiger partial charge in [0.2, 0.25) is 0 Å². The van der Waals surface area contributed by atoms with Crippen LogP contribution in [0.15, 0.2) is 66.7 Å². The molecule has 0 saturated carbocycles. The fourth-order valence-electron chi connectivity index (χ4n) is 7.07. The van der Waals surface area contributed by atoms with Crippen LogP contribution >= 0.6 is 0 Å². The Morgan fingerprint density at radius 3 is 2.26 bits per heavy atom. The van der Waals surface area contributed by atoms with Crippen LogP contribution in [0.25, 0.3) is 0 Å². The number of nitrogens with one attached hydrogen (secondary N) is 2. The molecule has 1 aliphatic carbocycles. The van der Waals surface area contributed by atoms with Gasteiger partial charge in [-0.3, -0.25) is 15.0 Å². The number of para-hydroxylation sites is 2. The predicted molar refractivity (Wildman–Crippen MR) is 184 cm³/mol. The highest BCUT2D eigenvalue weighted by atomic mass is 16.6. The van der Waals surface area contributed by atoms with Crippen LogP contribution in [0.3, 0.4) is 0 Å². The van der Waals surface area contributed by atoms with Crippen molar-refractivity contribution in [1.82, 2.24) is 14.3 Å². The number of carbonyl (C=O) groups is 3. The Labute approximate surface area is 273 Å². The maximum absolute atomic E-state index is 14.3. The summed E-state index contributed by atoms with van der Waals surface area (Å²) in [6, 6.07) is 21.1. The molecule has 1 saturated heterocycles. The standard InChI is InChI=1S/C37H47N5O4/c1-36(2,3)46-34(44)39-32-14-9-8-13-31(32)38-33(43)28-17-15-26(16-18-28)22-41-24-37(4,23-40(5)6)25-42(7,35(41)45)30-20-19-27-11-10-12-29(27)21-30/h8-9,13-21H,10-12,22-25H2,1-7H3,(H-,38,39,43,44)/p+1. The van der Waals surface area contributed by atoms with E-state index in [4.69, 9.17) is 4.74 Å². The van der Waals surface area contributed by atoms with E-state index >= 15 is 0 Å². The molecule has 2 unspecified atom stereocenters. The summed E-state index contributed by atoms with van der Waals surface area (Å²) in [6.07, 6.45) is 2.76. The van der Waals surface area contributed by atoms with Crippen molar-refractivity contribution in [3.05, 3.63) is 89.0 Å². The van der Waals surface area contributed by atoms with Gasteiger partial charge in [-0.15, -0.1) is 0 Å². The number of hydrogen-bond acceptors (Lipinski definition) is 5. The van der Waals surface area contributed by atoms with Gasteiger partial charge in [-0.2, -0.15) is 0 Å². The summed E-state index contributed by atoms with van der Waals surface area (Å²) in [7, 11) is 6.23. The Hall–Kier alpha value is -4.21. The predicted octanol–water partition coefficient (Wildman–Crippen LogP) is 6.92. The molecular weight excluding hydrogens is 578 g/mol. The number of quaternary nitrogens is 1. The average Bonchev–Trinajstić information content (AvgIpc) is 3.44. The molecule has 3 aromatic rings. The summed E-state index contributed by atoms with van der Waals surface area (Å²) in [4.78, 5) is 44.0. The lowest BCUT2D eigenvalue weighted by Gasteiger charge is -2.49. The summed E-state index contributed by atoms with van der Waals surface area (Å²) in [5, 5.41) is 5.61. The fourth-order valence-corrected chi connectivity index (χ4v) is 7.07. The molecule has 0 bridgehead atoms. The normalized spacial score (nSPS) is 21.2. The van der Waals surface area contributed by atoms with Crippen molar-refractivity contribution < 1.29 is 19.1 Å². The second-order valence-electron chi connectivity index (χ2n) is 14.7. The van der Waals surface area contributed by atoms with Gasteiger partial charge in [0, 0.05) is 30.1 Å². The van der Waals surface area contributed by atoms with Gasteiger partial charge < -0.3 is 15.0 Å². The van der Waals surface area contributed by atoms with Crippen LogP contribution in [-0.4, -0.2) is 74.2 Å². The number of aryl methyl sites for hydroxylation is 2. The first-order chi connectivity index (χ1) is 21.6. The summed E-state index contributed by atoms with van der Waals surface area (Å²) >= 11 is 0. The van der Waals surface area contributed by atoms with Crippen molar-refractivity contribution in [3.8, 4) is 0 Å². The molecule has 2 aliphatic rings. The molecular formula is C37H48N5O4+. The van der Waals surface area contributed by atoms with E-state index in [1.807, 2.05) is 17.0 Å². The van der Waals surface area contributed by atoms with E-state index in [0.29, 0.717) is 30.0 Å². The van der Waals surface area contributed by atoms with Gasteiger partial charge in [0.05, 0.1) is 25.0 Å². The SMILES string of the molecule is CN(C)CC1(C)CN(Cc2ccc(C(=O)Nc3ccccc3NC(=O)OC(C)(C)C)cc2)C(=O)[N+](C)(c2ccc3c(c2)CCC3)C1. The highest BCUT2D eigenvalue weighted by Gasteiger charge is 2.51. The van der Waals surface area contributed by atoms with E-state index in [9.17, 15) is 14.4 Å². The van der Waals surface area contributed by atoms with Gasteiger partial charge >= 0.3 is 12.1 Å². The average molecular weight is 627 g/mol. The zero-order chi connectivity index (χ0) is 33.3. The maximum atomic E-state index is 14.3. The molecule has 9 nitrogen and oxygen atoms in total. The smallest absolute Gasteiger partial charge is 0.424 e. The fraction of sp³-hybridized carbons (Fsp3) is 0.432. The molecule has 3 aromatic carbocycles. The molecule has 1 fully saturated rings. The van der Waals surface area contributed by atoms with Gasteiger partial charge in [0.1, 0.15) is 17.8 Å². The quantitative estimate of drug-likeness (QED) is 0.265. The van der Waals surface area contributed by atoms with Crippen LogP contribution in [0.4, 0.5) is 26.7 Å². The van der Waals surface area contributed by atoms with Crippen molar-refractivity contribution >= 4 is 35.1 Å². The first kappa shape index (κ1) is 33.2. The van der Waals surface area contributed by atoms with Gasteiger partial charge in [0.25, 0.3) is 5.91 Å².